The number of hydrogen-bond acceptors (Lipinski definition) is 3. The molecule has 0 unspecified atom stereocenters. The molecule has 0 aromatic heterocycles. The van der Waals surface area contributed by atoms with Crippen LogP contribution in [0.15, 0.2) is 48.5 Å². The van der Waals surface area contributed by atoms with Gasteiger partial charge in [-0.2, -0.15) is 0 Å². The van der Waals surface area contributed by atoms with Gasteiger partial charge in [-0.15, -0.1) is 0 Å². The Kier molecular flexibility index (Phi) is 5.38. The summed E-state index contributed by atoms with van der Waals surface area (Å²) in [6.07, 6.45) is 0.178. The third kappa shape index (κ3) is 4.79. The van der Waals surface area contributed by atoms with E-state index in [4.69, 9.17) is 21.4 Å². The number of carboxylic acid groups (broad SMARTS) is 1. The van der Waals surface area contributed by atoms with Gasteiger partial charge in [0.2, 0.25) is 5.91 Å². The molecule has 114 valence electrons. The number of rotatable bonds is 6. The maximum atomic E-state index is 12.0. The third-order valence-corrected chi connectivity index (χ3v) is 3.18. The fraction of sp³-hybridized carbons (Fsp3) is 0.125. The molecule has 0 saturated carbocycles. The summed E-state index contributed by atoms with van der Waals surface area (Å²) in [6.45, 7) is -0.405. The molecule has 0 radical (unpaired) electrons. The molecule has 0 aliphatic heterocycles. The van der Waals surface area contributed by atoms with Crippen molar-refractivity contribution in [2.45, 2.75) is 6.42 Å². The molecule has 0 spiro atoms. The Bertz CT molecular complexity index is 670. The van der Waals surface area contributed by atoms with Gasteiger partial charge in [-0.05, 0) is 35.9 Å². The number of aliphatic carboxylic acids is 1. The zero-order chi connectivity index (χ0) is 15.9. The first kappa shape index (κ1) is 15.9. The highest BCUT2D eigenvalue weighted by Gasteiger charge is 2.07. The average molecular weight is 320 g/mol. The van der Waals surface area contributed by atoms with Gasteiger partial charge in [-0.1, -0.05) is 29.8 Å². The van der Waals surface area contributed by atoms with Crippen LogP contribution in [0.1, 0.15) is 5.56 Å². The van der Waals surface area contributed by atoms with Crippen molar-refractivity contribution >= 4 is 29.2 Å². The first-order valence-electron chi connectivity index (χ1n) is 6.52. The summed E-state index contributed by atoms with van der Waals surface area (Å²) >= 11 is 6.01. The molecule has 0 bridgehead atoms. The van der Waals surface area contributed by atoms with E-state index < -0.39 is 12.6 Å². The lowest BCUT2D eigenvalue weighted by Crippen LogP contribution is -2.14. The highest BCUT2D eigenvalue weighted by molar-refractivity contribution is 6.31. The van der Waals surface area contributed by atoms with E-state index in [9.17, 15) is 9.59 Å². The predicted octanol–water partition coefficient (Wildman–Crippen LogP) is 2.98. The molecule has 0 fully saturated rings. The molecular weight excluding hydrogens is 306 g/mol. The summed E-state index contributed by atoms with van der Waals surface area (Å²) < 4.78 is 5.01. The molecule has 0 heterocycles. The lowest BCUT2D eigenvalue weighted by atomic mass is 10.1. The minimum absolute atomic E-state index is 0.178. The van der Waals surface area contributed by atoms with E-state index in [0.29, 0.717) is 16.5 Å². The number of carbonyl (C=O) groups excluding carboxylic acids is 1. The van der Waals surface area contributed by atoms with Crippen LogP contribution >= 0.6 is 11.6 Å². The molecule has 2 aromatic carbocycles. The van der Waals surface area contributed by atoms with E-state index >= 15 is 0 Å². The van der Waals surface area contributed by atoms with Crippen molar-refractivity contribution in [1.82, 2.24) is 0 Å². The number of carboxylic acids is 1. The lowest BCUT2D eigenvalue weighted by Gasteiger charge is -2.08. The molecule has 22 heavy (non-hydrogen) atoms. The smallest absolute Gasteiger partial charge is 0.341 e. The Labute approximate surface area is 132 Å². The fourth-order valence-corrected chi connectivity index (χ4v) is 2.00. The second kappa shape index (κ2) is 7.47. The number of nitrogens with one attached hydrogen (secondary N) is 1. The SMILES string of the molecule is O=C(O)COc1ccc(NC(=O)Cc2ccccc2Cl)cc1. The second-order valence-electron chi connectivity index (χ2n) is 4.52. The topological polar surface area (TPSA) is 75.6 Å². The van der Waals surface area contributed by atoms with Crippen molar-refractivity contribution in [3.63, 3.8) is 0 Å². The van der Waals surface area contributed by atoms with Crippen molar-refractivity contribution < 1.29 is 19.4 Å². The quantitative estimate of drug-likeness (QED) is 0.858. The fourth-order valence-electron chi connectivity index (χ4n) is 1.80. The van der Waals surface area contributed by atoms with Gasteiger partial charge in [-0.3, -0.25) is 4.79 Å². The van der Waals surface area contributed by atoms with Crippen LogP contribution in [-0.2, 0) is 16.0 Å². The van der Waals surface area contributed by atoms with Gasteiger partial charge in [0.05, 0.1) is 6.42 Å². The Morgan fingerprint density at radius 2 is 1.77 bits per heavy atom. The highest BCUT2D eigenvalue weighted by atomic mass is 35.5. The normalized spacial score (nSPS) is 10.0. The van der Waals surface area contributed by atoms with E-state index in [2.05, 4.69) is 5.32 Å². The maximum Gasteiger partial charge on any atom is 0.341 e. The van der Waals surface area contributed by atoms with Gasteiger partial charge in [0.1, 0.15) is 5.75 Å². The second-order valence-corrected chi connectivity index (χ2v) is 4.93. The average Bonchev–Trinajstić information content (AvgIpc) is 2.49. The molecule has 5 nitrogen and oxygen atoms in total. The molecular formula is C16H14ClNO4. The van der Waals surface area contributed by atoms with Crippen LogP contribution in [0, 0.1) is 0 Å². The number of halogens is 1. The summed E-state index contributed by atoms with van der Waals surface area (Å²) in [5.74, 6) is -0.809. The first-order valence-corrected chi connectivity index (χ1v) is 6.90. The largest absolute Gasteiger partial charge is 0.482 e. The van der Waals surface area contributed by atoms with Crippen LogP contribution in [0.5, 0.6) is 5.75 Å². The van der Waals surface area contributed by atoms with Gasteiger partial charge in [0, 0.05) is 10.7 Å². The summed E-state index contributed by atoms with van der Waals surface area (Å²) in [7, 11) is 0. The molecule has 2 aromatic rings. The molecule has 0 atom stereocenters. The molecule has 0 aliphatic carbocycles. The van der Waals surface area contributed by atoms with Crippen LogP contribution < -0.4 is 10.1 Å². The Morgan fingerprint density at radius 1 is 1.09 bits per heavy atom. The molecule has 6 heteroatoms. The van der Waals surface area contributed by atoms with Crippen LogP contribution in [0.4, 0.5) is 5.69 Å². The van der Waals surface area contributed by atoms with Crippen molar-refractivity contribution in [2.75, 3.05) is 11.9 Å². The minimum atomic E-state index is -1.04. The van der Waals surface area contributed by atoms with Crippen molar-refractivity contribution in [3.8, 4) is 5.75 Å². The number of ether oxygens (including phenoxy) is 1. The van der Waals surface area contributed by atoms with Crippen LogP contribution in [0.3, 0.4) is 0 Å². The maximum absolute atomic E-state index is 12.0. The van der Waals surface area contributed by atoms with Crippen molar-refractivity contribution in [2.24, 2.45) is 0 Å². The van der Waals surface area contributed by atoms with Crippen molar-refractivity contribution in [3.05, 3.63) is 59.1 Å². The molecule has 0 aliphatic rings. The number of carbonyl (C=O) groups is 2. The molecule has 0 saturated heterocycles. The number of benzene rings is 2. The van der Waals surface area contributed by atoms with Crippen LogP contribution in [-0.4, -0.2) is 23.6 Å². The van der Waals surface area contributed by atoms with Gasteiger partial charge in [-0.25, -0.2) is 4.79 Å². The molecule has 2 rings (SSSR count). The van der Waals surface area contributed by atoms with Crippen molar-refractivity contribution in [1.29, 1.82) is 0 Å². The third-order valence-electron chi connectivity index (χ3n) is 2.81. The summed E-state index contributed by atoms with van der Waals surface area (Å²) in [4.78, 5) is 22.3. The van der Waals surface area contributed by atoms with E-state index in [1.165, 1.54) is 0 Å². The zero-order valence-electron chi connectivity index (χ0n) is 11.6. The van der Waals surface area contributed by atoms with E-state index in [-0.39, 0.29) is 12.3 Å². The summed E-state index contributed by atoms with van der Waals surface area (Å²) in [6, 6.07) is 13.6. The Balaban J connectivity index is 1.91. The van der Waals surface area contributed by atoms with Gasteiger partial charge >= 0.3 is 5.97 Å². The van der Waals surface area contributed by atoms with Gasteiger partial charge in [0.25, 0.3) is 0 Å². The summed E-state index contributed by atoms with van der Waals surface area (Å²) in [5.41, 5.74) is 1.35. The predicted molar refractivity (Wildman–Crippen MR) is 83.4 cm³/mol. The molecule has 2 N–H and O–H groups in total. The minimum Gasteiger partial charge on any atom is -0.482 e. The van der Waals surface area contributed by atoms with E-state index in [0.717, 1.165) is 5.56 Å². The number of anilines is 1. The van der Waals surface area contributed by atoms with E-state index in [1.807, 2.05) is 6.07 Å². The van der Waals surface area contributed by atoms with Crippen LogP contribution in [0.2, 0.25) is 5.02 Å². The van der Waals surface area contributed by atoms with Gasteiger partial charge in [0.15, 0.2) is 6.61 Å². The number of hydrogen-bond donors (Lipinski definition) is 2. The van der Waals surface area contributed by atoms with Gasteiger partial charge < -0.3 is 15.2 Å². The zero-order valence-corrected chi connectivity index (χ0v) is 12.3. The Morgan fingerprint density at radius 3 is 2.41 bits per heavy atom. The summed E-state index contributed by atoms with van der Waals surface area (Å²) in [5, 5.41) is 11.8. The monoisotopic (exact) mass is 319 g/mol. The first-order chi connectivity index (χ1) is 10.5. The lowest BCUT2D eigenvalue weighted by molar-refractivity contribution is -0.139. The van der Waals surface area contributed by atoms with Crippen LogP contribution in [0.25, 0.3) is 0 Å². The Hall–Kier alpha value is -2.53. The highest BCUT2D eigenvalue weighted by Crippen LogP contribution is 2.18. The number of amides is 1. The standard InChI is InChI=1S/C16H14ClNO4/c17-14-4-2-1-3-11(14)9-15(19)18-12-5-7-13(8-6-12)22-10-16(20)21/h1-8H,9-10H2,(H,18,19)(H,20,21). The molecule has 1 amide bonds. The van der Waals surface area contributed by atoms with E-state index in [1.54, 1.807) is 42.5 Å².